The Morgan fingerprint density at radius 3 is 2.90 bits per heavy atom. The predicted molar refractivity (Wildman–Crippen MR) is 73.3 cm³/mol. The maximum atomic E-state index is 12.1. The summed E-state index contributed by atoms with van der Waals surface area (Å²) in [6.07, 6.45) is 4.14. The van der Waals surface area contributed by atoms with Crippen LogP contribution in [0.25, 0.3) is 0 Å². The van der Waals surface area contributed by atoms with E-state index >= 15 is 0 Å². The van der Waals surface area contributed by atoms with Crippen molar-refractivity contribution in [1.29, 1.82) is 0 Å². The van der Waals surface area contributed by atoms with Crippen LogP contribution in [-0.4, -0.2) is 48.6 Å². The quantitative estimate of drug-likeness (QED) is 0.838. The molecular weight excluding hydrogens is 280 g/mol. The summed E-state index contributed by atoms with van der Waals surface area (Å²) in [6.45, 7) is 4.82. The molecule has 0 unspecified atom stereocenters. The molecule has 0 aromatic carbocycles. The molecule has 0 spiro atoms. The van der Waals surface area contributed by atoms with Gasteiger partial charge >= 0.3 is 0 Å². The number of hydrogen-bond donors (Lipinski definition) is 2. The van der Waals surface area contributed by atoms with Crippen molar-refractivity contribution in [3.8, 4) is 0 Å². The highest BCUT2D eigenvalue weighted by molar-refractivity contribution is 7.89. The molecule has 8 heteroatoms. The minimum Gasteiger partial charge on any atom is -0.341 e. The zero-order valence-electron chi connectivity index (χ0n) is 11.7. The first-order chi connectivity index (χ1) is 9.40. The Labute approximate surface area is 118 Å². The highest BCUT2D eigenvalue weighted by Gasteiger charge is 2.28. The average Bonchev–Trinajstić information content (AvgIpc) is 2.92. The Morgan fingerprint density at radius 2 is 2.30 bits per heavy atom. The number of aromatic amines is 1. The standard InChI is InChI=1S/C12H20N4O3S/c1-9(2)12(17)16-5-3-4-10(8-16)15-20(18,19)11-6-13-14-7-11/h6-7,9-10,15H,3-5,8H2,1-2H3,(H,13,14)/t10-/m0/s1. The second-order valence-electron chi connectivity index (χ2n) is 5.33. The molecule has 1 aromatic heterocycles. The first-order valence-electron chi connectivity index (χ1n) is 6.70. The Balaban J connectivity index is 2.02. The molecule has 1 saturated heterocycles. The lowest BCUT2D eigenvalue weighted by molar-refractivity contribution is -0.135. The van der Waals surface area contributed by atoms with Crippen LogP contribution in [0.1, 0.15) is 26.7 Å². The Kier molecular flexibility index (Phi) is 4.44. The van der Waals surface area contributed by atoms with Crippen molar-refractivity contribution in [2.24, 2.45) is 5.92 Å². The van der Waals surface area contributed by atoms with Gasteiger partial charge in [0, 0.05) is 31.2 Å². The normalized spacial score (nSPS) is 20.4. The van der Waals surface area contributed by atoms with Crippen molar-refractivity contribution in [2.75, 3.05) is 13.1 Å². The van der Waals surface area contributed by atoms with Gasteiger partial charge in [-0.15, -0.1) is 0 Å². The number of carbonyl (C=O) groups excluding carboxylic acids is 1. The Hall–Kier alpha value is -1.41. The van der Waals surface area contributed by atoms with Gasteiger partial charge < -0.3 is 4.90 Å². The minimum atomic E-state index is -3.57. The van der Waals surface area contributed by atoms with Crippen LogP contribution in [0, 0.1) is 5.92 Å². The van der Waals surface area contributed by atoms with Crippen LogP contribution in [0.2, 0.25) is 0 Å². The van der Waals surface area contributed by atoms with Crippen LogP contribution in [0.3, 0.4) is 0 Å². The zero-order chi connectivity index (χ0) is 14.8. The van der Waals surface area contributed by atoms with E-state index < -0.39 is 10.0 Å². The number of rotatable bonds is 4. The molecule has 1 aliphatic heterocycles. The minimum absolute atomic E-state index is 0.0669. The summed E-state index contributed by atoms with van der Waals surface area (Å²) >= 11 is 0. The van der Waals surface area contributed by atoms with Crippen LogP contribution in [0.15, 0.2) is 17.3 Å². The SMILES string of the molecule is CC(C)C(=O)N1CCC[C@H](NS(=O)(=O)c2cn[nH]c2)C1. The van der Waals surface area contributed by atoms with Crippen molar-refractivity contribution in [2.45, 2.75) is 37.6 Å². The van der Waals surface area contributed by atoms with Gasteiger partial charge in [0.25, 0.3) is 0 Å². The van der Waals surface area contributed by atoms with Gasteiger partial charge in [-0.2, -0.15) is 5.10 Å². The lowest BCUT2D eigenvalue weighted by atomic mass is 10.0. The van der Waals surface area contributed by atoms with E-state index in [2.05, 4.69) is 14.9 Å². The molecule has 7 nitrogen and oxygen atoms in total. The number of nitrogens with zero attached hydrogens (tertiary/aromatic N) is 2. The molecule has 1 aliphatic rings. The van der Waals surface area contributed by atoms with Gasteiger partial charge in [-0.3, -0.25) is 9.89 Å². The van der Waals surface area contributed by atoms with E-state index in [1.807, 2.05) is 13.8 Å². The molecule has 0 bridgehead atoms. The average molecular weight is 300 g/mol. The Bertz CT molecular complexity index is 553. The highest BCUT2D eigenvalue weighted by atomic mass is 32.2. The van der Waals surface area contributed by atoms with Crippen molar-refractivity contribution >= 4 is 15.9 Å². The monoisotopic (exact) mass is 300 g/mol. The summed E-state index contributed by atoms with van der Waals surface area (Å²) in [5, 5.41) is 6.12. The van der Waals surface area contributed by atoms with Gasteiger partial charge in [0.1, 0.15) is 4.90 Å². The summed E-state index contributed by atoms with van der Waals surface area (Å²) in [7, 11) is -3.57. The molecular formula is C12H20N4O3S. The van der Waals surface area contributed by atoms with E-state index in [4.69, 9.17) is 0 Å². The summed E-state index contributed by atoms with van der Waals surface area (Å²) in [6, 6.07) is -0.244. The van der Waals surface area contributed by atoms with Gasteiger partial charge in [0.05, 0.1) is 6.20 Å². The number of hydrogen-bond acceptors (Lipinski definition) is 4. The lowest BCUT2D eigenvalue weighted by Crippen LogP contribution is -2.50. The van der Waals surface area contributed by atoms with Gasteiger partial charge in [-0.1, -0.05) is 13.8 Å². The number of H-pyrrole nitrogens is 1. The zero-order valence-corrected chi connectivity index (χ0v) is 12.5. The smallest absolute Gasteiger partial charge is 0.243 e. The summed E-state index contributed by atoms with van der Waals surface area (Å²) in [5.74, 6) is -0.00330. The predicted octanol–water partition coefficient (Wildman–Crippen LogP) is 0.335. The first kappa shape index (κ1) is 15.0. The van der Waals surface area contributed by atoms with E-state index in [0.717, 1.165) is 12.8 Å². The maximum absolute atomic E-state index is 12.1. The molecule has 2 heterocycles. The number of piperidine rings is 1. The topological polar surface area (TPSA) is 95.2 Å². The third-order valence-corrected chi connectivity index (χ3v) is 4.82. The molecule has 0 saturated carbocycles. The molecule has 1 amide bonds. The van der Waals surface area contributed by atoms with Crippen molar-refractivity contribution in [3.05, 3.63) is 12.4 Å². The van der Waals surface area contributed by atoms with Gasteiger partial charge in [-0.05, 0) is 12.8 Å². The number of sulfonamides is 1. The summed E-state index contributed by atoms with van der Waals surface area (Å²) < 4.78 is 26.8. The molecule has 112 valence electrons. The molecule has 1 fully saturated rings. The number of nitrogens with one attached hydrogen (secondary N) is 2. The van der Waals surface area contributed by atoms with E-state index in [0.29, 0.717) is 13.1 Å². The summed E-state index contributed by atoms with van der Waals surface area (Å²) in [5.41, 5.74) is 0. The highest BCUT2D eigenvalue weighted by Crippen LogP contribution is 2.15. The van der Waals surface area contributed by atoms with Crippen LogP contribution in [0.4, 0.5) is 0 Å². The largest absolute Gasteiger partial charge is 0.341 e. The van der Waals surface area contributed by atoms with E-state index in [9.17, 15) is 13.2 Å². The molecule has 1 atom stereocenters. The van der Waals surface area contributed by atoms with Crippen molar-refractivity contribution < 1.29 is 13.2 Å². The van der Waals surface area contributed by atoms with Gasteiger partial charge in [0.2, 0.25) is 15.9 Å². The number of aromatic nitrogens is 2. The van der Waals surface area contributed by atoms with E-state index in [1.54, 1.807) is 4.90 Å². The molecule has 20 heavy (non-hydrogen) atoms. The first-order valence-corrected chi connectivity index (χ1v) is 8.18. The number of carbonyl (C=O) groups is 1. The summed E-state index contributed by atoms with van der Waals surface area (Å²) in [4.78, 5) is 13.8. The van der Waals surface area contributed by atoms with Crippen molar-refractivity contribution in [3.63, 3.8) is 0 Å². The number of likely N-dealkylation sites (tertiary alicyclic amines) is 1. The fraction of sp³-hybridized carbons (Fsp3) is 0.667. The second kappa shape index (κ2) is 5.92. The van der Waals surface area contributed by atoms with Crippen molar-refractivity contribution in [1.82, 2.24) is 19.8 Å². The Morgan fingerprint density at radius 1 is 1.55 bits per heavy atom. The molecule has 2 N–H and O–H groups in total. The van der Waals surface area contributed by atoms with Crippen LogP contribution in [0.5, 0.6) is 0 Å². The molecule has 0 aliphatic carbocycles. The van der Waals surface area contributed by atoms with E-state index in [1.165, 1.54) is 12.4 Å². The van der Waals surface area contributed by atoms with Crippen LogP contribution in [-0.2, 0) is 14.8 Å². The third-order valence-electron chi connectivity index (χ3n) is 3.33. The van der Waals surface area contributed by atoms with Crippen LogP contribution >= 0.6 is 0 Å². The van der Waals surface area contributed by atoms with Crippen LogP contribution < -0.4 is 4.72 Å². The lowest BCUT2D eigenvalue weighted by Gasteiger charge is -2.34. The van der Waals surface area contributed by atoms with E-state index in [-0.39, 0.29) is 22.8 Å². The maximum Gasteiger partial charge on any atom is 0.243 e. The fourth-order valence-electron chi connectivity index (χ4n) is 2.31. The molecule has 0 radical (unpaired) electrons. The van der Waals surface area contributed by atoms with Gasteiger partial charge in [0.15, 0.2) is 0 Å². The number of amides is 1. The molecule has 2 rings (SSSR count). The third kappa shape index (κ3) is 3.37. The fourth-order valence-corrected chi connectivity index (χ4v) is 3.48. The van der Waals surface area contributed by atoms with Gasteiger partial charge in [-0.25, -0.2) is 13.1 Å². The second-order valence-corrected chi connectivity index (χ2v) is 7.05. The molecule has 1 aromatic rings.